The average molecular weight is 323 g/mol. The molecule has 0 atom stereocenters. The number of rotatable bonds is 7. The molecule has 0 bridgehead atoms. The number of hydrogen-bond acceptors (Lipinski definition) is 3. The molecule has 1 amide bonds. The molecule has 0 aliphatic carbocycles. The van der Waals surface area contributed by atoms with E-state index in [2.05, 4.69) is 5.32 Å². The molecule has 0 fully saturated rings. The van der Waals surface area contributed by atoms with Gasteiger partial charge in [-0.05, 0) is 35.8 Å². The van der Waals surface area contributed by atoms with Crippen LogP contribution in [0.15, 0.2) is 54.6 Å². The van der Waals surface area contributed by atoms with Gasteiger partial charge in [0.2, 0.25) is 5.91 Å². The molecule has 0 radical (unpaired) electrons. The molecule has 4 nitrogen and oxygen atoms in total. The van der Waals surface area contributed by atoms with Crippen molar-refractivity contribution >= 4 is 24.0 Å². The van der Waals surface area contributed by atoms with E-state index in [9.17, 15) is 9.59 Å². The van der Waals surface area contributed by atoms with Crippen LogP contribution in [0.2, 0.25) is 0 Å². The third-order valence-corrected chi connectivity index (χ3v) is 3.20. The molecular weight excluding hydrogens is 302 g/mol. The Morgan fingerprint density at radius 1 is 1.12 bits per heavy atom. The minimum Gasteiger partial charge on any atom is -0.491 e. The van der Waals surface area contributed by atoms with Crippen LogP contribution in [0.25, 0.3) is 6.08 Å². The van der Waals surface area contributed by atoms with Crippen molar-refractivity contribution in [1.82, 2.24) is 0 Å². The van der Waals surface area contributed by atoms with Gasteiger partial charge in [-0.2, -0.15) is 0 Å². The Bertz CT molecular complexity index is 721. The number of carbonyl (C=O) groups is 2. The van der Waals surface area contributed by atoms with Gasteiger partial charge >= 0.3 is 0 Å². The van der Waals surface area contributed by atoms with Crippen molar-refractivity contribution in [1.29, 1.82) is 0 Å². The summed E-state index contributed by atoms with van der Waals surface area (Å²) in [5.74, 6) is 0.629. The zero-order chi connectivity index (χ0) is 17.4. The van der Waals surface area contributed by atoms with E-state index in [4.69, 9.17) is 4.74 Å². The molecule has 24 heavy (non-hydrogen) atoms. The van der Waals surface area contributed by atoms with Gasteiger partial charge in [0.1, 0.15) is 12.0 Å². The fourth-order valence-corrected chi connectivity index (χ4v) is 2.01. The molecular formula is C20H21NO3. The van der Waals surface area contributed by atoms with Gasteiger partial charge < -0.3 is 10.1 Å². The van der Waals surface area contributed by atoms with Crippen LogP contribution < -0.4 is 10.1 Å². The number of anilines is 1. The number of benzene rings is 2. The number of hydrogen-bond donors (Lipinski definition) is 1. The maximum Gasteiger partial charge on any atom is 0.248 e. The van der Waals surface area contributed by atoms with E-state index in [1.807, 2.05) is 44.2 Å². The van der Waals surface area contributed by atoms with Crippen LogP contribution in [0, 0.1) is 5.92 Å². The summed E-state index contributed by atoms with van der Waals surface area (Å²) < 4.78 is 5.71. The topological polar surface area (TPSA) is 55.4 Å². The molecule has 2 aromatic carbocycles. The molecule has 1 N–H and O–H groups in total. The maximum absolute atomic E-state index is 12.1. The summed E-state index contributed by atoms with van der Waals surface area (Å²) in [5, 5.41) is 2.77. The van der Waals surface area contributed by atoms with Crippen LogP contribution in [0.4, 0.5) is 5.69 Å². The second-order valence-corrected chi connectivity index (χ2v) is 5.81. The van der Waals surface area contributed by atoms with E-state index < -0.39 is 0 Å². The van der Waals surface area contributed by atoms with Crippen molar-refractivity contribution < 1.29 is 14.3 Å². The van der Waals surface area contributed by atoms with Crippen LogP contribution in [0.1, 0.15) is 29.8 Å². The van der Waals surface area contributed by atoms with Crippen molar-refractivity contribution in [2.24, 2.45) is 5.92 Å². The molecule has 0 spiro atoms. The quantitative estimate of drug-likeness (QED) is 0.614. The van der Waals surface area contributed by atoms with Gasteiger partial charge in [0, 0.05) is 11.6 Å². The zero-order valence-corrected chi connectivity index (χ0v) is 13.9. The van der Waals surface area contributed by atoms with Gasteiger partial charge in [0.15, 0.2) is 0 Å². The molecule has 0 unspecified atom stereocenters. The van der Waals surface area contributed by atoms with Gasteiger partial charge in [-0.3, -0.25) is 9.59 Å². The van der Waals surface area contributed by atoms with Crippen LogP contribution >= 0.6 is 0 Å². The highest BCUT2D eigenvalue weighted by molar-refractivity contribution is 6.03. The number of nitrogens with one attached hydrogen (secondary N) is 1. The zero-order valence-electron chi connectivity index (χ0n) is 13.9. The van der Waals surface area contributed by atoms with Crippen molar-refractivity contribution in [2.75, 3.05) is 11.9 Å². The Kier molecular flexibility index (Phi) is 6.32. The van der Waals surface area contributed by atoms with Crippen LogP contribution in [0.5, 0.6) is 5.75 Å². The SMILES string of the molecule is CC(C)COc1ccc(C=O)cc1NC(=O)/C=C/c1ccccc1. The summed E-state index contributed by atoms with van der Waals surface area (Å²) in [6.45, 7) is 4.62. The van der Waals surface area contributed by atoms with E-state index >= 15 is 0 Å². The number of aldehydes is 1. The van der Waals surface area contributed by atoms with Crippen molar-refractivity contribution in [3.8, 4) is 5.75 Å². The summed E-state index contributed by atoms with van der Waals surface area (Å²) >= 11 is 0. The normalized spacial score (nSPS) is 10.8. The summed E-state index contributed by atoms with van der Waals surface area (Å²) in [5.41, 5.74) is 1.91. The average Bonchev–Trinajstić information content (AvgIpc) is 2.59. The van der Waals surface area contributed by atoms with Gasteiger partial charge in [-0.1, -0.05) is 44.2 Å². The third kappa shape index (κ3) is 5.39. The Balaban J connectivity index is 2.12. The fraction of sp³-hybridized carbons (Fsp3) is 0.200. The number of carbonyl (C=O) groups excluding carboxylic acids is 2. The van der Waals surface area contributed by atoms with Gasteiger partial charge in [-0.25, -0.2) is 0 Å². The lowest BCUT2D eigenvalue weighted by atomic mass is 10.2. The molecule has 0 saturated carbocycles. The molecule has 2 rings (SSSR count). The Morgan fingerprint density at radius 2 is 1.88 bits per heavy atom. The molecule has 0 saturated heterocycles. The lowest BCUT2D eigenvalue weighted by Gasteiger charge is -2.13. The van der Waals surface area contributed by atoms with E-state index in [0.29, 0.717) is 29.5 Å². The van der Waals surface area contributed by atoms with Gasteiger partial charge in [0.25, 0.3) is 0 Å². The number of amides is 1. The first kappa shape index (κ1) is 17.5. The van der Waals surface area contributed by atoms with Crippen molar-refractivity contribution in [2.45, 2.75) is 13.8 Å². The van der Waals surface area contributed by atoms with Crippen LogP contribution in [-0.4, -0.2) is 18.8 Å². The summed E-state index contributed by atoms with van der Waals surface area (Å²) in [4.78, 5) is 23.1. The monoisotopic (exact) mass is 323 g/mol. The Hall–Kier alpha value is -2.88. The highest BCUT2D eigenvalue weighted by Gasteiger charge is 2.08. The van der Waals surface area contributed by atoms with E-state index in [0.717, 1.165) is 11.8 Å². The van der Waals surface area contributed by atoms with E-state index in [1.165, 1.54) is 6.08 Å². The maximum atomic E-state index is 12.1. The lowest BCUT2D eigenvalue weighted by Crippen LogP contribution is -2.11. The van der Waals surface area contributed by atoms with Gasteiger partial charge in [0.05, 0.1) is 12.3 Å². The summed E-state index contributed by atoms with van der Waals surface area (Å²) in [6.07, 6.45) is 3.92. The van der Waals surface area contributed by atoms with Crippen molar-refractivity contribution in [3.63, 3.8) is 0 Å². The second-order valence-electron chi connectivity index (χ2n) is 5.81. The molecule has 0 aliphatic heterocycles. The van der Waals surface area contributed by atoms with E-state index in [1.54, 1.807) is 24.3 Å². The van der Waals surface area contributed by atoms with E-state index in [-0.39, 0.29) is 5.91 Å². The first-order valence-corrected chi connectivity index (χ1v) is 7.84. The Labute approximate surface area is 142 Å². The number of ether oxygens (including phenoxy) is 1. The van der Waals surface area contributed by atoms with Crippen LogP contribution in [-0.2, 0) is 4.79 Å². The third-order valence-electron chi connectivity index (χ3n) is 3.20. The minimum atomic E-state index is -0.281. The fourth-order valence-electron chi connectivity index (χ4n) is 2.01. The molecule has 2 aromatic rings. The standard InChI is InChI=1S/C20H21NO3/c1-15(2)14-24-19-10-8-17(13-22)12-18(19)21-20(23)11-9-16-6-4-3-5-7-16/h3-13,15H,14H2,1-2H3,(H,21,23)/b11-9+. The van der Waals surface area contributed by atoms with Crippen molar-refractivity contribution in [3.05, 3.63) is 65.7 Å². The highest BCUT2D eigenvalue weighted by atomic mass is 16.5. The smallest absolute Gasteiger partial charge is 0.248 e. The molecule has 0 aliphatic rings. The second kappa shape index (κ2) is 8.67. The molecule has 0 heterocycles. The minimum absolute atomic E-state index is 0.281. The Morgan fingerprint density at radius 3 is 2.54 bits per heavy atom. The predicted octanol–water partition coefficient (Wildman–Crippen LogP) is 4.19. The summed E-state index contributed by atoms with van der Waals surface area (Å²) in [6, 6.07) is 14.5. The molecule has 124 valence electrons. The first-order chi connectivity index (χ1) is 11.6. The van der Waals surface area contributed by atoms with Crippen LogP contribution in [0.3, 0.4) is 0 Å². The largest absolute Gasteiger partial charge is 0.491 e. The first-order valence-electron chi connectivity index (χ1n) is 7.84. The summed E-state index contributed by atoms with van der Waals surface area (Å²) in [7, 11) is 0. The predicted molar refractivity (Wildman–Crippen MR) is 96.3 cm³/mol. The lowest BCUT2D eigenvalue weighted by molar-refractivity contribution is -0.111. The molecule has 0 aromatic heterocycles. The molecule has 4 heteroatoms. The highest BCUT2D eigenvalue weighted by Crippen LogP contribution is 2.26. The van der Waals surface area contributed by atoms with Gasteiger partial charge in [-0.15, -0.1) is 0 Å².